The molecule has 0 spiro atoms. The van der Waals surface area contributed by atoms with Crippen molar-refractivity contribution < 1.29 is 13.2 Å². The second-order valence-corrected chi connectivity index (χ2v) is 6.79. The molecule has 2 N–H and O–H groups in total. The van der Waals surface area contributed by atoms with E-state index in [0.29, 0.717) is 16.9 Å². The molecule has 122 valence electrons. The number of nitrogens with one attached hydrogen (secondary N) is 2. The maximum Gasteiger partial charge on any atom is 0.248 e. The molecule has 0 atom stereocenters. The normalized spacial score (nSPS) is 11.0. The fourth-order valence-corrected chi connectivity index (χ4v) is 2.48. The average Bonchev–Trinajstić information content (AvgIpc) is 2.53. The zero-order valence-electron chi connectivity index (χ0n) is 13.0. The summed E-state index contributed by atoms with van der Waals surface area (Å²) in [5.74, 6) is 2.21. The molecule has 0 fully saturated rings. The first-order valence-electron chi connectivity index (χ1n) is 6.99. The number of rotatable bonds is 5. The number of anilines is 2. The molecule has 0 bridgehead atoms. The van der Waals surface area contributed by atoms with Crippen LogP contribution in [0.5, 0.6) is 0 Å². The number of carbonyl (C=O) groups excluding carboxylic acids is 1. The lowest BCUT2D eigenvalue weighted by Crippen LogP contribution is -2.09. The maximum atomic E-state index is 11.9. The molecule has 0 aliphatic heterocycles. The molecule has 0 unspecified atom stereocenters. The zero-order valence-corrected chi connectivity index (χ0v) is 13.8. The van der Waals surface area contributed by atoms with Gasteiger partial charge in [-0.05, 0) is 42.0 Å². The molecule has 24 heavy (non-hydrogen) atoms. The first kappa shape index (κ1) is 17.3. The van der Waals surface area contributed by atoms with Crippen molar-refractivity contribution in [3.05, 3.63) is 65.7 Å². The van der Waals surface area contributed by atoms with Crippen LogP contribution in [0.1, 0.15) is 11.1 Å². The Bertz CT molecular complexity index is 908. The van der Waals surface area contributed by atoms with Crippen LogP contribution < -0.4 is 10.0 Å². The van der Waals surface area contributed by atoms with Gasteiger partial charge in [-0.2, -0.15) is 0 Å². The third-order valence-electron chi connectivity index (χ3n) is 2.94. The van der Waals surface area contributed by atoms with E-state index in [9.17, 15) is 13.2 Å². The van der Waals surface area contributed by atoms with E-state index in [-0.39, 0.29) is 5.91 Å². The van der Waals surface area contributed by atoms with Crippen molar-refractivity contribution in [3.8, 4) is 12.3 Å². The Morgan fingerprint density at radius 2 is 1.83 bits per heavy atom. The summed E-state index contributed by atoms with van der Waals surface area (Å²) in [4.78, 5) is 11.9. The number of sulfonamides is 1. The van der Waals surface area contributed by atoms with E-state index in [1.54, 1.807) is 54.6 Å². The fraction of sp³-hybridized carbons (Fsp3) is 0.0556. The summed E-state index contributed by atoms with van der Waals surface area (Å²) < 4.78 is 24.6. The monoisotopic (exact) mass is 340 g/mol. The number of terminal acetylenes is 1. The van der Waals surface area contributed by atoms with E-state index in [4.69, 9.17) is 6.42 Å². The molecule has 0 heterocycles. The van der Waals surface area contributed by atoms with E-state index in [1.165, 1.54) is 6.08 Å². The topological polar surface area (TPSA) is 75.3 Å². The molecule has 0 aliphatic carbocycles. The van der Waals surface area contributed by atoms with E-state index in [2.05, 4.69) is 16.0 Å². The second kappa shape index (κ2) is 7.49. The van der Waals surface area contributed by atoms with Gasteiger partial charge in [0.2, 0.25) is 15.9 Å². The smallest absolute Gasteiger partial charge is 0.248 e. The number of hydrogen-bond acceptors (Lipinski definition) is 3. The lowest BCUT2D eigenvalue weighted by molar-refractivity contribution is -0.111. The summed E-state index contributed by atoms with van der Waals surface area (Å²) in [6, 6.07) is 13.6. The summed E-state index contributed by atoms with van der Waals surface area (Å²) in [6.07, 6.45) is 9.42. The third-order valence-corrected chi connectivity index (χ3v) is 3.54. The molecule has 0 saturated carbocycles. The Balaban J connectivity index is 1.99. The Kier molecular flexibility index (Phi) is 5.40. The van der Waals surface area contributed by atoms with Gasteiger partial charge in [0.15, 0.2) is 0 Å². The minimum Gasteiger partial charge on any atom is -0.322 e. The number of benzene rings is 2. The van der Waals surface area contributed by atoms with Gasteiger partial charge >= 0.3 is 0 Å². The Morgan fingerprint density at radius 3 is 2.46 bits per heavy atom. The van der Waals surface area contributed by atoms with Gasteiger partial charge in [-0.25, -0.2) is 8.42 Å². The highest BCUT2D eigenvalue weighted by Gasteiger charge is 2.01. The third kappa shape index (κ3) is 5.63. The fourth-order valence-electron chi connectivity index (χ4n) is 1.92. The zero-order chi connectivity index (χ0) is 17.6. The average molecular weight is 340 g/mol. The minimum atomic E-state index is -3.30. The molecule has 0 radical (unpaired) electrons. The van der Waals surface area contributed by atoms with E-state index in [0.717, 1.165) is 11.8 Å². The summed E-state index contributed by atoms with van der Waals surface area (Å²) in [5.41, 5.74) is 2.53. The first-order chi connectivity index (χ1) is 11.4. The molecular weight excluding hydrogens is 324 g/mol. The van der Waals surface area contributed by atoms with Crippen LogP contribution in [-0.4, -0.2) is 20.6 Å². The molecule has 2 rings (SSSR count). The van der Waals surface area contributed by atoms with Crippen molar-refractivity contribution in [1.82, 2.24) is 0 Å². The van der Waals surface area contributed by atoms with Crippen LogP contribution in [-0.2, 0) is 14.8 Å². The van der Waals surface area contributed by atoms with Gasteiger partial charge in [-0.15, -0.1) is 6.42 Å². The van der Waals surface area contributed by atoms with Gasteiger partial charge in [0, 0.05) is 23.0 Å². The molecule has 1 amide bonds. The van der Waals surface area contributed by atoms with Gasteiger partial charge in [0.1, 0.15) is 0 Å². The van der Waals surface area contributed by atoms with Crippen LogP contribution in [0.4, 0.5) is 11.4 Å². The van der Waals surface area contributed by atoms with Crippen LogP contribution in [0.2, 0.25) is 0 Å². The quantitative estimate of drug-likeness (QED) is 0.649. The molecule has 6 heteroatoms. The molecule has 0 aliphatic rings. The molecule has 0 saturated heterocycles. The number of amides is 1. The molecular formula is C18H16N2O3S. The first-order valence-corrected chi connectivity index (χ1v) is 8.88. The van der Waals surface area contributed by atoms with Gasteiger partial charge in [0.25, 0.3) is 0 Å². The van der Waals surface area contributed by atoms with Crippen LogP contribution in [0.15, 0.2) is 54.6 Å². The summed E-state index contributed by atoms with van der Waals surface area (Å²) in [5, 5.41) is 2.72. The summed E-state index contributed by atoms with van der Waals surface area (Å²) in [6.45, 7) is 0. The van der Waals surface area contributed by atoms with Crippen molar-refractivity contribution in [1.29, 1.82) is 0 Å². The van der Waals surface area contributed by atoms with Crippen LogP contribution in [0, 0.1) is 12.3 Å². The Morgan fingerprint density at radius 1 is 1.12 bits per heavy atom. The minimum absolute atomic E-state index is 0.289. The highest BCUT2D eigenvalue weighted by Crippen LogP contribution is 2.13. The van der Waals surface area contributed by atoms with Crippen molar-refractivity contribution >= 4 is 33.4 Å². The molecule has 0 aromatic heterocycles. The van der Waals surface area contributed by atoms with E-state index in [1.807, 2.05) is 0 Å². The Labute approximate surface area is 141 Å². The predicted molar refractivity (Wildman–Crippen MR) is 96.9 cm³/mol. The van der Waals surface area contributed by atoms with Gasteiger partial charge < -0.3 is 5.32 Å². The molecule has 2 aromatic carbocycles. The number of hydrogen-bond donors (Lipinski definition) is 2. The van der Waals surface area contributed by atoms with Crippen LogP contribution in [0.25, 0.3) is 6.08 Å². The van der Waals surface area contributed by atoms with Gasteiger partial charge in [-0.1, -0.05) is 24.1 Å². The number of carbonyl (C=O) groups is 1. The molecule has 2 aromatic rings. The van der Waals surface area contributed by atoms with Crippen LogP contribution in [0.3, 0.4) is 0 Å². The molecule has 5 nitrogen and oxygen atoms in total. The SMILES string of the molecule is C#Cc1cccc(NC(=O)/C=C/c2ccc(NS(C)(=O)=O)cc2)c1. The maximum absolute atomic E-state index is 11.9. The van der Waals surface area contributed by atoms with Crippen LogP contribution >= 0.6 is 0 Å². The summed E-state index contributed by atoms with van der Waals surface area (Å²) in [7, 11) is -3.30. The van der Waals surface area contributed by atoms with E-state index < -0.39 is 10.0 Å². The predicted octanol–water partition coefficient (Wildman–Crippen LogP) is 2.69. The van der Waals surface area contributed by atoms with Crippen molar-refractivity contribution in [2.45, 2.75) is 0 Å². The Hall–Kier alpha value is -3.04. The highest BCUT2D eigenvalue weighted by atomic mass is 32.2. The van der Waals surface area contributed by atoms with Crippen molar-refractivity contribution in [2.75, 3.05) is 16.3 Å². The lowest BCUT2D eigenvalue weighted by atomic mass is 10.2. The summed E-state index contributed by atoms with van der Waals surface area (Å²) >= 11 is 0. The van der Waals surface area contributed by atoms with Gasteiger partial charge in [-0.3, -0.25) is 9.52 Å². The lowest BCUT2D eigenvalue weighted by Gasteiger charge is -2.04. The second-order valence-electron chi connectivity index (χ2n) is 5.04. The van der Waals surface area contributed by atoms with Crippen molar-refractivity contribution in [2.24, 2.45) is 0 Å². The van der Waals surface area contributed by atoms with Gasteiger partial charge in [0.05, 0.1) is 6.26 Å². The standard InChI is InChI=1S/C18H16N2O3S/c1-3-14-5-4-6-17(13-14)19-18(21)12-9-15-7-10-16(11-8-15)20-24(2,22)23/h1,4-13,20H,2H3,(H,19,21)/b12-9+. The van der Waals surface area contributed by atoms with E-state index >= 15 is 0 Å². The van der Waals surface area contributed by atoms with Crippen molar-refractivity contribution in [3.63, 3.8) is 0 Å². The largest absolute Gasteiger partial charge is 0.322 e. The highest BCUT2D eigenvalue weighted by molar-refractivity contribution is 7.92.